The molecule has 40 heavy (non-hydrogen) atoms. The van der Waals surface area contributed by atoms with Crippen molar-refractivity contribution in [1.82, 2.24) is 10.6 Å². The maximum Gasteiger partial charge on any atom is 0.323 e. The van der Waals surface area contributed by atoms with Crippen molar-refractivity contribution in [3.8, 4) is 0 Å². The zero-order valence-electron chi connectivity index (χ0n) is 25.3. The standard InChI is InChI=1S/C16H26N2O2.C16H23NO3/c1-11(2)20-16(19)15(18-4)10-14(12(3)17)13-8-6-5-7-9-13;1-11(2)20-16(19)15(17-4)10-14(12(3)18)13-8-6-5-7-9-13/h5-9,11-12,14-15,18H,10,17H2,1-4H3;5-9,11,14-15,17H,10H2,1-4H3. The molecule has 0 radical (unpaired) electrons. The number of Topliss-reactive ketones (excluding diaryl/α,β-unsaturated/α-hetero) is 1. The minimum Gasteiger partial charge on any atom is -0.462 e. The molecule has 0 aliphatic carbocycles. The van der Waals surface area contributed by atoms with Gasteiger partial charge in [-0.3, -0.25) is 14.4 Å². The summed E-state index contributed by atoms with van der Waals surface area (Å²) in [6, 6.07) is 18.7. The fraction of sp³-hybridized carbons (Fsp3) is 0.531. The van der Waals surface area contributed by atoms with Crippen LogP contribution in [0.15, 0.2) is 60.7 Å². The van der Waals surface area contributed by atoms with Crippen LogP contribution in [0, 0.1) is 0 Å². The molecule has 0 saturated carbocycles. The molecule has 0 aliphatic rings. The molecule has 2 aromatic carbocycles. The molecule has 5 atom stereocenters. The lowest BCUT2D eigenvalue weighted by Gasteiger charge is -2.26. The third kappa shape index (κ3) is 12.4. The molecule has 0 aliphatic heterocycles. The highest BCUT2D eigenvalue weighted by Gasteiger charge is 2.28. The van der Waals surface area contributed by atoms with Crippen LogP contribution < -0.4 is 16.4 Å². The van der Waals surface area contributed by atoms with Crippen LogP contribution in [-0.2, 0) is 23.9 Å². The maximum absolute atomic E-state index is 12.0. The third-order valence-electron chi connectivity index (χ3n) is 6.49. The first-order chi connectivity index (χ1) is 18.9. The van der Waals surface area contributed by atoms with Crippen LogP contribution in [0.25, 0.3) is 0 Å². The lowest BCUT2D eigenvalue weighted by molar-refractivity contribution is -0.151. The van der Waals surface area contributed by atoms with Gasteiger partial charge in [0, 0.05) is 17.9 Å². The highest BCUT2D eigenvalue weighted by atomic mass is 16.5. The fourth-order valence-corrected chi connectivity index (χ4v) is 4.36. The van der Waals surface area contributed by atoms with Crippen molar-refractivity contribution in [2.45, 2.75) is 96.6 Å². The molecule has 0 spiro atoms. The Labute approximate surface area is 240 Å². The monoisotopic (exact) mass is 555 g/mol. The van der Waals surface area contributed by atoms with Crippen LogP contribution in [0.4, 0.5) is 0 Å². The number of carbonyl (C=O) groups is 3. The Hall–Kier alpha value is -3.07. The molecule has 0 heterocycles. The molecule has 4 N–H and O–H groups in total. The average Bonchev–Trinajstić information content (AvgIpc) is 2.90. The average molecular weight is 556 g/mol. The van der Waals surface area contributed by atoms with Gasteiger partial charge in [0.25, 0.3) is 0 Å². The fourth-order valence-electron chi connectivity index (χ4n) is 4.36. The van der Waals surface area contributed by atoms with Crippen molar-refractivity contribution >= 4 is 17.7 Å². The van der Waals surface area contributed by atoms with Crippen LogP contribution >= 0.6 is 0 Å². The van der Waals surface area contributed by atoms with Gasteiger partial charge in [0.2, 0.25) is 0 Å². The number of hydrogen-bond acceptors (Lipinski definition) is 8. The van der Waals surface area contributed by atoms with Gasteiger partial charge in [-0.05, 0) is 79.6 Å². The normalized spacial score (nSPS) is 14.8. The Kier molecular flexibility index (Phi) is 16.0. The highest BCUT2D eigenvalue weighted by molar-refractivity contribution is 5.85. The summed E-state index contributed by atoms with van der Waals surface area (Å²) in [5.41, 5.74) is 8.17. The first-order valence-corrected chi connectivity index (χ1v) is 14.0. The first-order valence-electron chi connectivity index (χ1n) is 14.0. The lowest BCUT2D eigenvalue weighted by atomic mass is 9.87. The van der Waals surface area contributed by atoms with E-state index in [9.17, 15) is 14.4 Å². The van der Waals surface area contributed by atoms with Crippen LogP contribution in [0.5, 0.6) is 0 Å². The molecule has 0 amide bonds. The van der Waals surface area contributed by atoms with Gasteiger partial charge < -0.3 is 25.8 Å². The third-order valence-corrected chi connectivity index (χ3v) is 6.49. The van der Waals surface area contributed by atoms with Crippen molar-refractivity contribution < 1.29 is 23.9 Å². The topological polar surface area (TPSA) is 120 Å². The van der Waals surface area contributed by atoms with Gasteiger partial charge in [-0.15, -0.1) is 0 Å². The number of hydrogen-bond donors (Lipinski definition) is 3. The van der Waals surface area contributed by atoms with Crippen molar-refractivity contribution in [2.75, 3.05) is 14.1 Å². The second-order valence-corrected chi connectivity index (χ2v) is 10.6. The van der Waals surface area contributed by atoms with E-state index >= 15 is 0 Å². The Morgan fingerprint density at radius 2 is 1.10 bits per heavy atom. The Balaban J connectivity index is 0.000000400. The van der Waals surface area contributed by atoms with E-state index in [1.165, 1.54) is 0 Å². The molecule has 0 aromatic heterocycles. The van der Waals surface area contributed by atoms with E-state index in [1.54, 1.807) is 21.0 Å². The van der Waals surface area contributed by atoms with Gasteiger partial charge in [-0.25, -0.2) is 0 Å². The van der Waals surface area contributed by atoms with Crippen molar-refractivity contribution in [1.29, 1.82) is 0 Å². The van der Waals surface area contributed by atoms with Crippen molar-refractivity contribution in [3.05, 3.63) is 71.8 Å². The number of esters is 2. The molecular weight excluding hydrogens is 506 g/mol. The molecule has 2 rings (SSSR count). The summed E-state index contributed by atoms with van der Waals surface area (Å²) in [6.07, 6.45) is 0.764. The molecule has 8 heteroatoms. The molecule has 8 nitrogen and oxygen atoms in total. The summed E-state index contributed by atoms with van der Waals surface area (Å²) in [5.74, 6) is -0.663. The number of benzene rings is 2. The molecule has 5 unspecified atom stereocenters. The zero-order valence-corrected chi connectivity index (χ0v) is 25.3. The second-order valence-electron chi connectivity index (χ2n) is 10.6. The lowest BCUT2D eigenvalue weighted by Crippen LogP contribution is -2.40. The SMILES string of the molecule is CNC(CC(C(C)=O)c1ccccc1)C(=O)OC(C)C.CNC(CC(c1ccccc1)C(C)N)C(=O)OC(C)C. The predicted molar refractivity (Wildman–Crippen MR) is 160 cm³/mol. The Morgan fingerprint density at radius 3 is 1.45 bits per heavy atom. The molecule has 2 aromatic rings. The summed E-state index contributed by atoms with van der Waals surface area (Å²) >= 11 is 0. The second kappa shape index (κ2) is 18.3. The summed E-state index contributed by atoms with van der Waals surface area (Å²) in [7, 11) is 3.48. The zero-order chi connectivity index (χ0) is 30.2. The number of likely N-dealkylation sites (N-methyl/N-ethyl adjacent to an activating group) is 2. The first kappa shape index (κ1) is 35.0. The number of ether oxygens (including phenoxy) is 2. The molecule has 222 valence electrons. The van der Waals surface area contributed by atoms with Gasteiger partial charge in [-0.2, -0.15) is 0 Å². The summed E-state index contributed by atoms with van der Waals surface area (Å²) in [4.78, 5) is 35.9. The molecular formula is C32H49N3O5. The molecule has 0 fully saturated rings. The number of ketones is 1. The number of rotatable bonds is 14. The highest BCUT2D eigenvalue weighted by Crippen LogP contribution is 2.25. The summed E-state index contributed by atoms with van der Waals surface area (Å²) < 4.78 is 10.5. The van der Waals surface area contributed by atoms with E-state index < -0.39 is 6.04 Å². The van der Waals surface area contributed by atoms with Crippen molar-refractivity contribution in [3.63, 3.8) is 0 Å². The van der Waals surface area contributed by atoms with Gasteiger partial charge in [0.05, 0.1) is 12.2 Å². The number of nitrogens with two attached hydrogens (primary N) is 1. The van der Waals surface area contributed by atoms with Crippen LogP contribution in [0.3, 0.4) is 0 Å². The number of carbonyl (C=O) groups excluding carboxylic acids is 3. The van der Waals surface area contributed by atoms with E-state index in [0.717, 1.165) is 11.1 Å². The predicted octanol–water partition coefficient (Wildman–Crippen LogP) is 4.34. The van der Waals surface area contributed by atoms with Gasteiger partial charge >= 0.3 is 11.9 Å². The van der Waals surface area contributed by atoms with Crippen molar-refractivity contribution in [2.24, 2.45) is 5.73 Å². The quantitative estimate of drug-likeness (QED) is 0.295. The summed E-state index contributed by atoms with van der Waals surface area (Å²) in [5, 5.41) is 5.97. The van der Waals surface area contributed by atoms with E-state index in [0.29, 0.717) is 12.8 Å². The van der Waals surface area contributed by atoms with E-state index in [1.807, 2.05) is 83.1 Å². The van der Waals surface area contributed by atoms with E-state index in [2.05, 4.69) is 22.8 Å². The van der Waals surface area contributed by atoms with E-state index in [4.69, 9.17) is 15.2 Å². The van der Waals surface area contributed by atoms with Gasteiger partial charge in [0.15, 0.2) is 0 Å². The Bertz CT molecular complexity index is 1010. The largest absolute Gasteiger partial charge is 0.462 e. The molecule has 0 bridgehead atoms. The Morgan fingerprint density at radius 1 is 0.700 bits per heavy atom. The molecule has 0 saturated heterocycles. The van der Waals surface area contributed by atoms with Crippen LogP contribution in [0.1, 0.15) is 77.3 Å². The number of nitrogens with one attached hydrogen (secondary N) is 2. The van der Waals surface area contributed by atoms with Crippen LogP contribution in [-0.4, -0.2) is 62.2 Å². The summed E-state index contributed by atoms with van der Waals surface area (Å²) in [6.45, 7) is 10.8. The van der Waals surface area contributed by atoms with Gasteiger partial charge in [0.1, 0.15) is 17.9 Å². The minimum atomic E-state index is -0.480. The van der Waals surface area contributed by atoms with E-state index in [-0.39, 0.29) is 53.8 Å². The maximum atomic E-state index is 12.0. The smallest absolute Gasteiger partial charge is 0.323 e. The minimum absolute atomic E-state index is 0.0277. The van der Waals surface area contributed by atoms with Crippen LogP contribution in [0.2, 0.25) is 0 Å². The van der Waals surface area contributed by atoms with Gasteiger partial charge in [-0.1, -0.05) is 60.7 Å².